The number of nitrogens with two attached hydrogens (primary N) is 1. The largest absolute Gasteiger partial charge is 0.396 e. The van der Waals surface area contributed by atoms with Crippen LogP contribution >= 0.6 is 0 Å². The third-order valence-corrected chi connectivity index (χ3v) is 5.57. The fourth-order valence-corrected chi connectivity index (χ4v) is 3.96. The van der Waals surface area contributed by atoms with Gasteiger partial charge in [-0.2, -0.15) is 9.40 Å². The maximum Gasteiger partial charge on any atom is 0.248 e. The molecule has 0 aliphatic carbocycles. The van der Waals surface area contributed by atoms with Crippen LogP contribution in [0.4, 0.5) is 5.82 Å². The lowest BCUT2D eigenvalue weighted by Crippen LogP contribution is -2.39. The van der Waals surface area contributed by atoms with E-state index in [1.807, 2.05) is 6.92 Å². The zero-order valence-electron chi connectivity index (χ0n) is 11.7. The van der Waals surface area contributed by atoms with Crippen molar-refractivity contribution in [2.24, 2.45) is 5.92 Å². The van der Waals surface area contributed by atoms with E-state index in [9.17, 15) is 8.42 Å². The summed E-state index contributed by atoms with van der Waals surface area (Å²) in [6.07, 6.45) is 3.73. The Morgan fingerprint density at radius 2 is 2.10 bits per heavy atom. The molecule has 1 aromatic heterocycles. The van der Waals surface area contributed by atoms with Crippen molar-refractivity contribution < 1.29 is 13.5 Å². The van der Waals surface area contributed by atoms with Crippen LogP contribution < -0.4 is 5.73 Å². The van der Waals surface area contributed by atoms with Gasteiger partial charge in [-0.05, 0) is 25.2 Å². The summed E-state index contributed by atoms with van der Waals surface area (Å²) in [7, 11) is -3.58. The summed E-state index contributed by atoms with van der Waals surface area (Å²) in [5.74, 6) is 0.254. The van der Waals surface area contributed by atoms with Crippen LogP contribution in [-0.4, -0.2) is 47.3 Å². The minimum Gasteiger partial charge on any atom is -0.396 e. The van der Waals surface area contributed by atoms with Crippen LogP contribution in [-0.2, 0) is 16.6 Å². The molecule has 114 valence electrons. The molecule has 0 aromatic carbocycles. The second kappa shape index (κ2) is 6.11. The van der Waals surface area contributed by atoms with Gasteiger partial charge in [-0.15, -0.1) is 0 Å². The number of aliphatic hydroxyl groups is 1. The summed E-state index contributed by atoms with van der Waals surface area (Å²) in [4.78, 5) is 0.0911. The van der Waals surface area contributed by atoms with E-state index in [0.717, 1.165) is 6.42 Å². The SMILES string of the molecule is CCCn1cc(S(=O)(=O)N2CCC(CO)CC2)c(N)n1. The number of hydrogen-bond donors (Lipinski definition) is 2. The Labute approximate surface area is 119 Å². The number of anilines is 1. The number of piperidine rings is 1. The molecule has 0 atom stereocenters. The van der Waals surface area contributed by atoms with Gasteiger partial charge in [-0.3, -0.25) is 4.68 Å². The molecule has 0 spiro atoms. The third-order valence-electron chi connectivity index (χ3n) is 3.66. The Hall–Kier alpha value is -1.12. The average Bonchev–Trinajstić information content (AvgIpc) is 2.81. The van der Waals surface area contributed by atoms with Crippen molar-refractivity contribution in [2.45, 2.75) is 37.6 Å². The molecular weight excluding hydrogens is 280 g/mol. The van der Waals surface area contributed by atoms with Crippen LogP contribution in [0, 0.1) is 5.92 Å². The topological polar surface area (TPSA) is 101 Å². The number of sulfonamides is 1. The van der Waals surface area contributed by atoms with E-state index in [4.69, 9.17) is 10.8 Å². The maximum absolute atomic E-state index is 12.6. The Bertz CT molecular complexity index is 547. The summed E-state index contributed by atoms with van der Waals surface area (Å²) in [5.41, 5.74) is 5.74. The van der Waals surface area contributed by atoms with Crippen molar-refractivity contribution in [3.05, 3.63) is 6.20 Å². The van der Waals surface area contributed by atoms with Crippen molar-refractivity contribution in [1.82, 2.24) is 14.1 Å². The number of nitrogens with zero attached hydrogens (tertiary/aromatic N) is 3. The van der Waals surface area contributed by atoms with Gasteiger partial charge in [0.25, 0.3) is 0 Å². The molecule has 8 heteroatoms. The molecule has 2 heterocycles. The normalized spacial score (nSPS) is 18.5. The number of aromatic nitrogens is 2. The number of aliphatic hydroxyl groups excluding tert-OH is 1. The molecule has 20 heavy (non-hydrogen) atoms. The summed E-state index contributed by atoms with van der Waals surface area (Å²) in [6.45, 7) is 3.60. The highest BCUT2D eigenvalue weighted by Gasteiger charge is 2.32. The van der Waals surface area contributed by atoms with Gasteiger partial charge in [0, 0.05) is 32.4 Å². The molecule has 0 saturated carbocycles. The van der Waals surface area contributed by atoms with Gasteiger partial charge in [-0.1, -0.05) is 6.92 Å². The van der Waals surface area contributed by atoms with Gasteiger partial charge in [0.15, 0.2) is 5.82 Å². The molecule has 3 N–H and O–H groups in total. The first-order valence-corrected chi connectivity index (χ1v) is 8.37. The van der Waals surface area contributed by atoms with E-state index < -0.39 is 10.0 Å². The highest BCUT2D eigenvalue weighted by Crippen LogP contribution is 2.26. The molecule has 1 saturated heterocycles. The zero-order valence-corrected chi connectivity index (χ0v) is 12.5. The lowest BCUT2D eigenvalue weighted by atomic mass is 10.00. The van der Waals surface area contributed by atoms with Gasteiger partial charge >= 0.3 is 0 Å². The van der Waals surface area contributed by atoms with Crippen LogP contribution in [0.5, 0.6) is 0 Å². The first-order valence-electron chi connectivity index (χ1n) is 6.93. The number of aryl methyl sites for hydroxylation is 1. The molecular formula is C12H22N4O3S. The molecule has 1 fully saturated rings. The fourth-order valence-electron chi connectivity index (χ4n) is 2.43. The van der Waals surface area contributed by atoms with E-state index in [1.165, 1.54) is 10.5 Å². The van der Waals surface area contributed by atoms with Crippen molar-refractivity contribution in [3.63, 3.8) is 0 Å². The van der Waals surface area contributed by atoms with Crippen molar-refractivity contribution in [3.8, 4) is 0 Å². The lowest BCUT2D eigenvalue weighted by molar-refractivity contribution is 0.170. The minimum absolute atomic E-state index is 0.0581. The molecule has 7 nitrogen and oxygen atoms in total. The second-order valence-corrected chi connectivity index (χ2v) is 7.08. The van der Waals surface area contributed by atoms with Crippen molar-refractivity contribution >= 4 is 15.8 Å². The standard InChI is InChI=1S/C12H22N4O3S/c1-2-5-15-8-11(12(13)14-15)20(18,19)16-6-3-10(9-17)4-7-16/h8,10,17H,2-7,9H2,1H3,(H2,13,14). The van der Waals surface area contributed by atoms with E-state index in [1.54, 1.807) is 4.68 Å². The number of nitrogen functional groups attached to an aromatic ring is 1. The van der Waals surface area contributed by atoms with Crippen LogP contribution in [0.2, 0.25) is 0 Å². The van der Waals surface area contributed by atoms with Gasteiger partial charge in [-0.25, -0.2) is 8.42 Å². The van der Waals surface area contributed by atoms with Gasteiger partial charge in [0.1, 0.15) is 4.90 Å². The van der Waals surface area contributed by atoms with E-state index in [0.29, 0.717) is 32.5 Å². The first kappa shape index (κ1) is 15.3. The number of hydrogen-bond acceptors (Lipinski definition) is 5. The molecule has 0 amide bonds. The zero-order chi connectivity index (χ0) is 14.8. The molecule has 1 aliphatic heterocycles. The first-order chi connectivity index (χ1) is 9.48. The smallest absolute Gasteiger partial charge is 0.248 e. The van der Waals surface area contributed by atoms with Gasteiger partial charge < -0.3 is 10.8 Å². The summed E-state index contributed by atoms with van der Waals surface area (Å²) in [6, 6.07) is 0. The number of rotatable bonds is 5. The van der Waals surface area contributed by atoms with E-state index in [-0.39, 0.29) is 23.2 Å². The predicted molar refractivity (Wildman–Crippen MR) is 75.5 cm³/mol. The second-order valence-electron chi connectivity index (χ2n) is 5.17. The summed E-state index contributed by atoms with van der Waals surface area (Å²) < 4.78 is 28.1. The van der Waals surface area contributed by atoms with Crippen LogP contribution in [0.1, 0.15) is 26.2 Å². The molecule has 0 unspecified atom stereocenters. The molecule has 2 rings (SSSR count). The van der Waals surface area contributed by atoms with Crippen molar-refractivity contribution in [1.29, 1.82) is 0 Å². The Kier molecular flexibility index (Phi) is 4.66. The van der Waals surface area contributed by atoms with Gasteiger partial charge in [0.2, 0.25) is 10.0 Å². The lowest BCUT2D eigenvalue weighted by Gasteiger charge is -2.29. The van der Waals surface area contributed by atoms with E-state index in [2.05, 4.69) is 5.10 Å². The molecule has 0 bridgehead atoms. The Morgan fingerprint density at radius 3 is 2.65 bits per heavy atom. The van der Waals surface area contributed by atoms with Crippen LogP contribution in [0.3, 0.4) is 0 Å². The molecule has 0 radical (unpaired) electrons. The monoisotopic (exact) mass is 302 g/mol. The predicted octanol–water partition coefficient (Wildman–Crippen LogP) is 0.268. The summed E-state index contributed by atoms with van der Waals surface area (Å²) >= 11 is 0. The van der Waals surface area contributed by atoms with Crippen LogP contribution in [0.25, 0.3) is 0 Å². The Balaban J connectivity index is 2.18. The third kappa shape index (κ3) is 2.97. The Morgan fingerprint density at radius 1 is 1.45 bits per heavy atom. The maximum atomic E-state index is 12.6. The highest BCUT2D eigenvalue weighted by atomic mass is 32.2. The van der Waals surface area contributed by atoms with Crippen LogP contribution in [0.15, 0.2) is 11.1 Å². The molecule has 1 aliphatic rings. The highest BCUT2D eigenvalue weighted by molar-refractivity contribution is 7.89. The van der Waals surface area contributed by atoms with Crippen molar-refractivity contribution in [2.75, 3.05) is 25.4 Å². The fraction of sp³-hybridized carbons (Fsp3) is 0.750. The summed E-state index contributed by atoms with van der Waals surface area (Å²) in [5, 5.41) is 13.1. The van der Waals surface area contributed by atoms with E-state index >= 15 is 0 Å². The average molecular weight is 302 g/mol. The molecule has 1 aromatic rings. The minimum atomic E-state index is -3.58. The quantitative estimate of drug-likeness (QED) is 0.813. The van der Waals surface area contributed by atoms with Gasteiger partial charge in [0.05, 0.1) is 0 Å².